The van der Waals surface area contributed by atoms with Crippen LogP contribution in [0.5, 0.6) is 0 Å². The zero-order valence-corrected chi connectivity index (χ0v) is 17.7. The van der Waals surface area contributed by atoms with Gasteiger partial charge < -0.3 is 9.47 Å². The van der Waals surface area contributed by atoms with Crippen LogP contribution in [0.1, 0.15) is 12.7 Å². The Labute approximate surface area is 173 Å². The number of thiazole rings is 1. The lowest BCUT2D eigenvalue weighted by molar-refractivity contribution is -0.130. The van der Waals surface area contributed by atoms with E-state index in [1.807, 2.05) is 29.3 Å². The second kappa shape index (κ2) is 9.07. The van der Waals surface area contributed by atoms with Crippen molar-refractivity contribution in [3.63, 3.8) is 0 Å². The Morgan fingerprint density at radius 3 is 2.79 bits per heavy atom. The van der Waals surface area contributed by atoms with E-state index in [1.165, 1.54) is 4.70 Å². The van der Waals surface area contributed by atoms with E-state index in [4.69, 9.17) is 0 Å². The van der Waals surface area contributed by atoms with Crippen molar-refractivity contribution in [2.24, 2.45) is 0 Å². The Bertz CT molecular complexity index is 896. The SMILES string of the molecule is CCc1nccn1CCN1CCN(C(=O)CSc2nc3ccccc3s2)CC1. The van der Waals surface area contributed by atoms with E-state index >= 15 is 0 Å². The topological polar surface area (TPSA) is 54.3 Å². The Morgan fingerprint density at radius 2 is 2.00 bits per heavy atom. The summed E-state index contributed by atoms with van der Waals surface area (Å²) in [6.07, 6.45) is 4.89. The monoisotopic (exact) mass is 415 g/mol. The standard InChI is InChI=1S/C20H25N5OS2/c1-2-18-21-7-8-24(18)12-9-23-10-13-25(14-11-23)19(26)15-27-20-22-16-5-3-4-6-17(16)28-20/h3-8H,2,9-15H2,1H3. The number of fused-ring (bicyclic) bond motifs is 1. The van der Waals surface area contributed by atoms with Gasteiger partial charge in [0.05, 0.1) is 16.0 Å². The van der Waals surface area contributed by atoms with Crippen LogP contribution in [0.25, 0.3) is 10.2 Å². The highest BCUT2D eigenvalue weighted by Gasteiger charge is 2.21. The van der Waals surface area contributed by atoms with E-state index < -0.39 is 0 Å². The highest BCUT2D eigenvalue weighted by molar-refractivity contribution is 8.01. The first kappa shape index (κ1) is 19.4. The number of imidazole rings is 1. The molecule has 0 unspecified atom stereocenters. The molecular weight excluding hydrogens is 390 g/mol. The fourth-order valence-electron chi connectivity index (χ4n) is 3.46. The van der Waals surface area contributed by atoms with Crippen LogP contribution in [0.15, 0.2) is 41.0 Å². The molecular formula is C20H25N5OS2. The summed E-state index contributed by atoms with van der Waals surface area (Å²) in [5.74, 6) is 1.82. The van der Waals surface area contributed by atoms with Crippen LogP contribution in [0.4, 0.5) is 0 Å². The molecule has 1 aliphatic rings. The van der Waals surface area contributed by atoms with Crippen molar-refractivity contribution in [2.75, 3.05) is 38.5 Å². The molecule has 2 aromatic heterocycles. The van der Waals surface area contributed by atoms with Crippen molar-refractivity contribution in [1.29, 1.82) is 0 Å². The van der Waals surface area contributed by atoms with E-state index in [0.29, 0.717) is 5.75 Å². The van der Waals surface area contributed by atoms with Crippen molar-refractivity contribution in [3.05, 3.63) is 42.5 Å². The summed E-state index contributed by atoms with van der Waals surface area (Å²) < 4.78 is 4.38. The molecule has 1 aliphatic heterocycles. The molecule has 148 valence electrons. The lowest BCUT2D eigenvalue weighted by Gasteiger charge is -2.34. The number of piperazine rings is 1. The first-order valence-electron chi connectivity index (χ1n) is 9.71. The Morgan fingerprint density at radius 1 is 1.18 bits per heavy atom. The molecule has 6 nitrogen and oxygen atoms in total. The zero-order chi connectivity index (χ0) is 19.3. The van der Waals surface area contributed by atoms with E-state index in [0.717, 1.165) is 61.4 Å². The number of hydrogen-bond acceptors (Lipinski definition) is 6. The van der Waals surface area contributed by atoms with Crippen LogP contribution in [0.2, 0.25) is 0 Å². The maximum absolute atomic E-state index is 12.6. The first-order valence-corrected chi connectivity index (χ1v) is 11.5. The highest BCUT2D eigenvalue weighted by atomic mass is 32.2. The molecule has 1 aromatic carbocycles. The lowest BCUT2D eigenvalue weighted by atomic mass is 10.3. The quantitative estimate of drug-likeness (QED) is 0.555. The van der Waals surface area contributed by atoms with Gasteiger partial charge in [0.1, 0.15) is 5.82 Å². The van der Waals surface area contributed by atoms with Gasteiger partial charge in [0, 0.05) is 58.1 Å². The summed E-state index contributed by atoms with van der Waals surface area (Å²) in [7, 11) is 0. The Balaban J connectivity index is 1.21. The van der Waals surface area contributed by atoms with Gasteiger partial charge in [0.15, 0.2) is 4.34 Å². The molecule has 0 bridgehead atoms. The number of benzene rings is 1. The summed E-state index contributed by atoms with van der Waals surface area (Å²) in [5, 5.41) is 0. The maximum atomic E-state index is 12.6. The summed E-state index contributed by atoms with van der Waals surface area (Å²) in [6, 6.07) is 8.11. The number of hydrogen-bond donors (Lipinski definition) is 0. The van der Waals surface area contributed by atoms with Crippen molar-refractivity contribution in [3.8, 4) is 0 Å². The third-order valence-electron chi connectivity index (χ3n) is 5.09. The van der Waals surface area contributed by atoms with Gasteiger partial charge in [0.2, 0.25) is 5.91 Å². The second-order valence-electron chi connectivity index (χ2n) is 6.85. The number of para-hydroxylation sites is 1. The minimum Gasteiger partial charge on any atom is -0.339 e. The molecule has 0 N–H and O–H groups in total. The van der Waals surface area contributed by atoms with Gasteiger partial charge in [-0.05, 0) is 12.1 Å². The van der Waals surface area contributed by atoms with Gasteiger partial charge in [-0.1, -0.05) is 30.8 Å². The summed E-state index contributed by atoms with van der Waals surface area (Å²) in [5.41, 5.74) is 1.01. The predicted octanol–water partition coefficient (Wildman–Crippen LogP) is 2.99. The molecule has 1 amide bonds. The molecule has 0 spiro atoms. The summed E-state index contributed by atoms with van der Waals surface area (Å²) in [6.45, 7) is 7.60. The van der Waals surface area contributed by atoms with Gasteiger partial charge in [-0.25, -0.2) is 9.97 Å². The maximum Gasteiger partial charge on any atom is 0.233 e. The molecule has 0 radical (unpaired) electrons. The fourth-order valence-corrected chi connectivity index (χ4v) is 5.43. The van der Waals surface area contributed by atoms with E-state index in [-0.39, 0.29) is 5.91 Å². The zero-order valence-electron chi connectivity index (χ0n) is 16.1. The fraction of sp³-hybridized carbons (Fsp3) is 0.450. The Hall–Kier alpha value is -1.90. The van der Waals surface area contributed by atoms with Crippen LogP contribution >= 0.6 is 23.1 Å². The average molecular weight is 416 g/mol. The van der Waals surface area contributed by atoms with Crippen LogP contribution in [-0.4, -0.2) is 68.7 Å². The first-order chi connectivity index (χ1) is 13.7. The number of aromatic nitrogens is 3. The van der Waals surface area contributed by atoms with Crippen molar-refractivity contribution in [1.82, 2.24) is 24.3 Å². The second-order valence-corrected chi connectivity index (χ2v) is 9.10. The molecule has 8 heteroatoms. The molecule has 28 heavy (non-hydrogen) atoms. The van der Waals surface area contributed by atoms with Gasteiger partial charge in [0.25, 0.3) is 0 Å². The third kappa shape index (κ3) is 4.56. The van der Waals surface area contributed by atoms with Crippen molar-refractivity contribution >= 4 is 39.2 Å². The molecule has 1 saturated heterocycles. The van der Waals surface area contributed by atoms with Gasteiger partial charge >= 0.3 is 0 Å². The molecule has 1 fully saturated rings. The number of thioether (sulfide) groups is 1. The number of nitrogens with zero attached hydrogens (tertiary/aromatic N) is 5. The van der Waals surface area contributed by atoms with E-state index in [1.54, 1.807) is 23.1 Å². The number of amides is 1. The Kier molecular flexibility index (Phi) is 6.29. The third-order valence-corrected chi connectivity index (χ3v) is 7.26. The van der Waals surface area contributed by atoms with Crippen LogP contribution < -0.4 is 0 Å². The highest BCUT2D eigenvalue weighted by Crippen LogP contribution is 2.29. The average Bonchev–Trinajstić information content (AvgIpc) is 3.36. The number of carbonyl (C=O) groups excluding carboxylic acids is 1. The molecule has 0 atom stereocenters. The number of rotatable bonds is 7. The van der Waals surface area contributed by atoms with Crippen molar-refractivity contribution in [2.45, 2.75) is 24.2 Å². The normalized spacial score (nSPS) is 15.4. The minimum atomic E-state index is 0.215. The smallest absolute Gasteiger partial charge is 0.233 e. The summed E-state index contributed by atoms with van der Waals surface area (Å²) >= 11 is 3.21. The number of aryl methyl sites for hydroxylation is 1. The van der Waals surface area contributed by atoms with Crippen molar-refractivity contribution < 1.29 is 4.79 Å². The summed E-state index contributed by atoms with van der Waals surface area (Å²) in [4.78, 5) is 26.0. The molecule has 3 aromatic rings. The minimum absolute atomic E-state index is 0.215. The van der Waals surface area contributed by atoms with E-state index in [2.05, 4.69) is 38.6 Å². The van der Waals surface area contributed by atoms with Gasteiger partial charge in [-0.3, -0.25) is 9.69 Å². The van der Waals surface area contributed by atoms with Gasteiger partial charge in [-0.15, -0.1) is 11.3 Å². The van der Waals surface area contributed by atoms with E-state index in [9.17, 15) is 4.79 Å². The molecule has 0 aliphatic carbocycles. The molecule has 3 heterocycles. The number of carbonyl (C=O) groups is 1. The molecule has 4 rings (SSSR count). The van der Waals surface area contributed by atoms with Crippen LogP contribution in [0.3, 0.4) is 0 Å². The van der Waals surface area contributed by atoms with Crippen LogP contribution in [0, 0.1) is 0 Å². The largest absolute Gasteiger partial charge is 0.339 e. The lowest BCUT2D eigenvalue weighted by Crippen LogP contribution is -2.49. The predicted molar refractivity (Wildman–Crippen MR) is 115 cm³/mol. The van der Waals surface area contributed by atoms with Crippen LogP contribution in [-0.2, 0) is 17.8 Å². The van der Waals surface area contributed by atoms with Gasteiger partial charge in [-0.2, -0.15) is 0 Å². The molecule has 0 saturated carbocycles.